The molecule has 6 heteroatoms. The first kappa shape index (κ1) is 18.5. The van der Waals surface area contributed by atoms with Gasteiger partial charge in [0, 0.05) is 12.3 Å². The Bertz CT molecular complexity index is 712. The number of para-hydroxylation sites is 1. The average Bonchev–Trinajstić information content (AvgIpc) is 2.60. The van der Waals surface area contributed by atoms with Crippen molar-refractivity contribution in [3.63, 3.8) is 0 Å². The molecule has 132 valence electrons. The summed E-state index contributed by atoms with van der Waals surface area (Å²) in [4.78, 5) is 23.2. The second-order valence-corrected chi connectivity index (χ2v) is 5.26. The molecule has 6 nitrogen and oxygen atoms in total. The lowest BCUT2D eigenvalue weighted by Gasteiger charge is -2.12. The van der Waals surface area contributed by atoms with Crippen LogP contribution in [-0.2, 0) is 16.0 Å². The van der Waals surface area contributed by atoms with Gasteiger partial charge in [0.05, 0.1) is 18.6 Å². The third-order valence-electron chi connectivity index (χ3n) is 3.39. The Morgan fingerprint density at radius 2 is 1.76 bits per heavy atom. The fourth-order valence-corrected chi connectivity index (χ4v) is 2.21. The quantitative estimate of drug-likeness (QED) is 0.684. The lowest BCUT2D eigenvalue weighted by Crippen LogP contribution is -2.15. The molecule has 0 heterocycles. The molecule has 0 saturated heterocycles. The lowest BCUT2D eigenvalue weighted by molar-refractivity contribution is -0.136. The van der Waals surface area contributed by atoms with E-state index in [1.54, 1.807) is 48.5 Å². The highest BCUT2D eigenvalue weighted by molar-refractivity contribution is 6.06. The van der Waals surface area contributed by atoms with Crippen LogP contribution < -0.4 is 10.1 Å². The van der Waals surface area contributed by atoms with Crippen LogP contribution in [0.2, 0.25) is 0 Å². The van der Waals surface area contributed by atoms with E-state index in [2.05, 4.69) is 5.32 Å². The molecule has 2 rings (SSSR count). The van der Waals surface area contributed by atoms with Gasteiger partial charge in [-0.15, -0.1) is 0 Å². The highest BCUT2D eigenvalue weighted by atomic mass is 16.5. The largest absolute Gasteiger partial charge is 0.490 e. The predicted octanol–water partition coefficient (Wildman–Crippen LogP) is 2.98. The summed E-state index contributed by atoms with van der Waals surface area (Å²) in [5.74, 6) is -0.699. The van der Waals surface area contributed by atoms with Crippen LogP contribution in [0.3, 0.4) is 0 Å². The van der Waals surface area contributed by atoms with Crippen LogP contribution in [0.25, 0.3) is 0 Å². The van der Waals surface area contributed by atoms with Gasteiger partial charge >= 0.3 is 5.97 Å². The van der Waals surface area contributed by atoms with Gasteiger partial charge in [-0.1, -0.05) is 24.3 Å². The molecule has 0 aliphatic heterocycles. The first-order valence-corrected chi connectivity index (χ1v) is 8.01. The number of hydrogen-bond donors (Lipinski definition) is 2. The van der Waals surface area contributed by atoms with Crippen LogP contribution in [-0.4, -0.2) is 36.8 Å². The van der Waals surface area contributed by atoms with E-state index in [1.807, 2.05) is 6.92 Å². The van der Waals surface area contributed by atoms with Crippen molar-refractivity contribution in [2.45, 2.75) is 13.3 Å². The molecule has 0 spiro atoms. The summed E-state index contributed by atoms with van der Waals surface area (Å²) in [6, 6.07) is 13.7. The summed E-state index contributed by atoms with van der Waals surface area (Å²) < 4.78 is 10.8. The van der Waals surface area contributed by atoms with E-state index in [0.29, 0.717) is 42.4 Å². The van der Waals surface area contributed by atoms with Gasteiger partial charge in [0.15, 0.2) is 0 Å². The van der Waals surface area contributed by atoms with Crippen molar-refractivity contribution in [1.82, 2.24) is 0 Å². The van der Waals surface area contributed by atoms with Crippen LogP contribution in [0.1, 0.15) is 22.8 Å². The van der Waals surface area contributed by atoms with E-state index in [4.69, 9.17) is 14.6 Å². The molecule has 1 amide bonds. The Balaban J connectivity index is 2.01. The fourth-order valence-electron chi connectivity index (χ4n) is 2.21. The van der Waals surface area contributed by atoms with Crippen LogP contribution >= 0.6 is 0 Å². The van der Waals surface area contributed by atoms with Crippen LogP contribution in [0, 0.1) is 0 Å². The van der Waals surface area contributed by atoms with E-state index < -0.39 is 5.97 Å². The zero-order valence-electron chi connectivity index (χ0n) is 14.0. The predicted molar refractivity (Wildman–Crippen MR) is 94.2 cm³/mol. The highest BCUT2D eigenvalue weighted by Crippen LogP contribution is 2.20. The van der Waals surface area contributed by atoms with E-state index in [1.165, 1.54) is 0 Å². The van der Waals surface area contributed by atoms with E-state index in [-0.39, 0.29) is 12.3 Å². The van der Waals surface area contributed by atoms with Crippen molar-refractivity contribution < 1.29 is 24.2 Å². The van der Waals surface area contributed by atoms with E-state index in [9.17, 15) is 9.59 Å². The number of hydrogen-bond acceptors (Lipinski definition) is 4. The van der Waals surface area contributed by atoms with Gasteiger partial charge in [-0.2, -0.15) is 0 Å². The van der Waals surface area contributed by atoms with Gasteiger partial charge in [0.25, 0.3) is 5.91 Å². The number of nitrogens with one attached hydrogen (secondary N) is 1. The average molecular weight is 343 g/mol. The number of carboxylic acids is 1. The minimum Gasteiger partial charge on any atom is -0.490 e. The van der Waals surface area contributed by atoms with Gasteiger partial charge in [-0.3, -0.25) is 9.59 Å². The van der Waals surface area contributed by atoms with Gasteiger partial charge in [0.1, 0.15) is 12.4 Å². The van der Waals surface area contributed by atoms with Gasteiger partial charge < -0.3 is 19.9 Å². The van der Waals surface area contributed by atoms with Gasteiger partial charge in [0.2, 0.25) is 0 Å². The zero-order valence-corrected chi connectivity index (χ0v) is 14.0. The molecule has 0 fully saturated rings. The number of carbonyl (C=O) groups is 2. The number of aliphatic carboxylic acids is 1. The van der Waals surface area contributed by atoms with Crippen molar-refractivity contribution in [3.8, 4) is 5.75 Å². The Hall–Kier alpha value is -2.86. The molecule has 0 bridgehead atoms. The van der Waals surface area contributed by atoms with Crippen LogP contribution in [0.5, 0.6) is 5.75 Å². The Kier molecular flexibility index (Phi) is 6.98. The van der Waals surface area contributed by atoms with Crippen molar-refractivity contribution in [3.05, 3.63) is 59.7 Å². The number of anilines is 1. The molecule has 0 aliphatic rings. The van der Waals surface area contributed by atoms with Crippen molar-refractivity contribution >= 4 is 17.6 Å². The first-order valence-electron chi connectivity index (χ1n) is 8.01. The third-order valence-corrected chi connectivity index (χ3v) is 3.39. The second-order valence-electron chi connectivity index (χ2n) is 5.26. The standard InChI is InChI=1S/C19H21NO5/c1-2-24-11-12-25-17-6-4-3-5-16(17)19(23)20-15-9-7-14(8-10-15)13-18(21)22/h3-10H,2,11-13H2,1H3,(H,20,23)(H,21,22). The molecule has 0 saturated carbocycles. The Labute approximate surface area is 146 Å². The normalized spacial score (nSPS) is 10.3. The number of carbonyl (C=O) groups excluding carboxylic acids is 1. The summed E-state index contributed by atoms with van der Waals surface area (Å²) in [7, 11) is 0. The summed E-state index contributed by atoms with van der Waals surface area (Å²) in [6.07, 6.45) is -0.0509. The number of benzene rings is 2. The maximum atomic E-state index is 12.5. The van der Waals surface area contributed by atoms with Crippen molar-refractivity contribution in [1.29, 1.82) is 0 Å². The van der Waals surface area contributed by atoms with Crippen LogP contribution in [0.15, 0.2) is 48.5 Å². The topological polar surface area (TPSA) is 84.9 Å². The molecular formula is C19H21NO5. The minimum absolute atomic E-state index is 0.0509. The second kappa shape index (κ2) is 9.44. The molecule has 0 atom stereocenters. The summed E-state index contributed by atoms with van der Waals surface area (Å²) in [5.41, 5.74) is 1.68. The molecule has 0 aliphatic carbocycles. The van der Waals surface area contributed by atoms with E-state index >= 15 is 0 Å². The van der Waals surface area contributed by atoms with Gasteiger partial charge in [-0.05, 0) is 36.8 Å². The van der Waals surface area contributed by atoms with Crippen molar-refractivity contribution in [2.75, 3.05) is 25.1 Å². The summed E-state index contributed by atoms with van der Waals surface area (Å²) >= 11 is 0. The SMILES string of the molecule is CCOCCOc1ccccc1C(=O)Nc1ccc(CC(=O)O)cc1. The van der Waals surface area contributed by atoms with Gasteiger partial charge in [-0.25, -0.2) is 0 Å². The molecule has 2 aromatic rings. The van der Waals surface area contributed by atoms with E-state index in [0.717, 1.165) is 0 Å². The Morgan fingerprint density at radius 3 is 2.44 bits per heavy atom. The summed E-state index contributed by atoms with van der Waals surface area (Å²) in [6.45, 7) is 3.34. The monoisotopic (exact) mass is 343 g/mol. The number of amides is 1. The number of rotatable bonds is 9. The first-order chi connectivity index (χ1) is 12.1. The lowest BCUT2D eigenvalue weighted by atomic mass is 10.1. The number of carboxylic acid groups (broad SMARTS) is 1. The minimum atomic E-state index is -0.894. The molecular weight excluding hydrogens is 322 g/mol. The fraction of sp³-hybridized carbons (Fsp3) is 0.263. The molecule has 2 aromatic carbocycles. The maximum absolute atomic E-state index is 12.5. The molecule has 0 unspecified atom stereocenters. The molecule has 0 radical (unpaired) electrons. The Morgan fingerprint density at radius 1 is 1.04 bits per heavy atom. The van der Waals surface area contributed by atoms with Crippen LogP contribution in [0.4, 0.5) is 5.69 Å². The molecule has 0 aromatic heterocycles. The molecule has 25 heavy (non-hydrogen) atoms. The smallest absolute Gasteiger partial charge is 0.307 e. The summed E-state index contributed by atoms with van der Waals surface area (Å²) in [5, 5.41) is 11.6. The van der Waals surface area contributed by atoms with Crippen molar-refractivity contribution in [2.24, 2.45) is 0 Å². The zero-order chi connectivity index (χ0) is 18.1. The number of ether oxygens (including phenoxy) is 2. The highest BCUT2D eigenvalue weighted by Gasteiger charge is 2.12. The maximum Gasteiger partial charge on any atom is 0.307 e. The third kappa shape index (κ3) is 5.93. The molecule has 2 N–H and O–H groups in total.